The molecule has 0 saturated heterocycles. The molecule has 0 atom stereocenters. The summed E-state index contributed by atoms with van der Waals surface area (Å²) in [7, 11) is 0. The van der Waals surface area contributed by atoms with Gasteiger partial charge >= 0.3 is 0 Å². The Kier molecular flexibility index (Phi) is 3.06. The number of rotatable bonds is 4. The smallest absolute Gasteiger partial charge is 0.272 e. The highest BCUT2D eigenvalue weighted by atomic mass is 16.5. The molecular weight excluding hydrogens is 234 g/mol. The van der Waals surface area contributed by atoms with E-state index < -0.39 is 10.9 Å². The van der Waals surface area contributed by atoms with Crippen LogP contribution in [0.25, 0.3) is 0 Å². The van der Waals surface area contributed by atoms with Crippen LogP contribution in [0.15, 0.2) is 27.8 Å². The van der Waals surface area contributed by atoms with E-state index in [9.17, 15) is 14.7 Å². The second-order valence-corrected chi connectivity index (χ2v) is 3.89. The second kappa shape index (κ2) is 4.52. The Balaban J connectivity index is 2.39. The number of anilines is 2. The van der Waals surface area contributed by atoms with E-state index in [1.54, 1.807) is 26.0 Å². The molecule has 0 spiro atoms. The number of ether oxygens (including phenoxy) is 1. The normalized spacial score (nSPS) is 10.6. The third-order valence-electron chi connectivity index (χ3n) is 2.66. The highest BCUT2D eigenvalue weighted by molar-refractivity contribution is 5.75. The van der Waals surface area contributed by atoms with Gasteiger partial charge in [0.25, 0.3) is 10.9 Å². The molecule has 0 amide bonds. The Morgan fingerprint density at radius 3 is 2.56 bits per heavy atom. The lowest BCUT2D eigenvalue weighted by molar-refractivity contribution is 0.335. The van der Waals surface area contributed by atoms with Gasteiger partial charge in [-0.2, -0.15) is 0 Å². The zero-order chi connectivity index (χ0) is 13.3. The van der Waals surface area contributed by atoms with Crippen LogP contribution in [0.4, 0.5) is 11.4 Å². The molecule has 0 saturated carbocycles. The summed E-state index contributed by atoms with van der Waals surface area (Å²) in [6, 6.07) is 4.98. The van der Waals surface area contributed by atoms with Gasteiger partial charge in [-0.3, -0.25) is 9.59 Å². The Morgan fingerprint density at radius 1 is 1.22 bits per heavy atom. The van der Waals surface area contributed by atoms with E-state index in [4.69, 9.17) is 4.74 Å². The molecule has 2 N–H and O–H groups in total. The molecule has 2 aromatic rings. The molecule has 94 valence electrons. The van der Waals surface area contributed by atoms with E-state index in [-0.39, 0.29) is 17.2 Å². The number of nitrogens with one attached hydrogen (secondary N) is 1. The number of phenols is 1. The quantitative estimate of drug-likeness (QED) is 0.631. The first-order valence-electron chi connectivity index (χ1n) is 5.58. The Labute approximate surface area is 103 Å². The Hall–Kier alpha value is -2.30. The van der Waals surface area contributed by atoms with E-state index in [0.29, 0.717) is 12.3 Å². The Morgan fingerprint density at radius 2 is 1.94 bits per heavy atom. The van der Waals surface area contributed by atoms with Gasteiger partial charge in [-0.05, 0) is 25.5 Å². The van der Waals surface area contributed by atoms with Crippen LogP contribution in [-0.2, 0) is 0 Å². The third-order valence-corrected chi connectivity index (χ3v) is 2.66. The summed E-state index contributed by atoms with van der Waals surface area (Å²) in [5, 5.41) is 12.5. The molecular formula is C13H13NO4. The lowest BCUT2D eigenvalue weighted by Crippen LogP contribution is -2.35. The van der Waals surface area contributed by atoms with Crippen LogP contribution in [0.5, 0.6) is 11.5 Å². The first-order chi connectivity index (χ1) is 8.56. The second-order valence-electron chi connectivity index (χ2n) is 3.89. The fourth-order valence-corrected chi connectivity index (χ4v) is 1.71. The van der Waals surface area contributed by atoms with E-state index in [0.717, 1.165) is 5.56 Å². The maximum atomic E-state index is 11.4. The summed E-state index contributed by atoms with van der Waals surface area (Å²) in [5.41, 5.74) is 0.0241. The van der Waals surface area contributed by atoms with E-state index >= 15 is 0 Å². The first kappa shape index (κ1) is 12.2. The lowest BCUT2D eigenvalue weighted by atomic mass is 10.1. The average Bonchev–Trinajstić information content (AvgIpc) is 2.36. The molecule has 0 bridgehead atoms. The molecule has 0 aromatic heterocycles. The molecule has 2 rings (SSSR count). The number of phenolic OH excluding ortho intramolecular Hbond substituents is 1. The molecule has 0 radical (unpaired) electrons. The minimum atomic E-state index is -0.632. The van der Waals surface area contributed by atoms with Gasteiger partial charge < -0.3 is 15.2 Å². The summed E-state index contributed by atoms with van der Waals surface area (Å²) in [6.45, 7) is 3.82. The van der Waals surface area contributed by atoms with E-state index in [2.05, 4.69) is 5.32 Å². The number of hydrogen-bond acceptors (Lipinski definition) is 5. The number of aromatic hydroxyl groups is 1. The zero-order valence-electron chi connectivity index (χ0n) is 10.1. The summed E-state index contributed by atoms with van der Waals surface area (Å²) in [5.74, 6) is 0.0515. The van der Waals surface area contributed by atoms with Crippen molar-refractivity contribution in [2.24, 2.45) is 0 Å². The van der Waals surface area contributed by atoms with Crippen molar-refractivity contribution < 1.29 is 9.84 Å². The Bertz CT molecular complexity index is 633. The monoisotopic (exact) mass is 247 g/mol. The standard InChI is InChI=1S/C13H13NO4/c1-3-18-13-10(11(16)12(13)17)14-9-7(2)5-4-6-8(9)15/h4-6,14-15H,3H2,1-2H3. The molecule has 0 aliphatic heterocycles. The van der Waals surface area contributed by atoms with Crippen LogP contribution in [0.2, 0.25) is 0 Å². The van der Waals surface area contributed by atoms with Gasteiger partial charge in [0, 0.05) is 0 Å². The average molecular weight is 247 g/mol. The van der Waals surface area contributed by atoms with Gasteiger partial charge in [-0.1, -0.05) is 12.1 Å². The minimum absolute atomic E-state index is 0.0190. The highest BCUT2D eigenvalue weighted by Crippen LogP contribution is 2.31. The summed E-state index contributed by atoms with van der Waals surface area (Å²) in [6.07, 6.45) is 0. The van der Waals surface area contributed by atoms with Gasteiger partial charge in [-0.25, -0.2) is 0 Å². The third kappa shape index (κ3) is 1.84. The van der Waals surface area contributed by atoms with Gasteiger partial charge in [0.05, 0.1) is 12.3 Å². The summed E-state index contributed by atoms with van der Waals surface area (Å²) in [4.78, 5) is 22.7. The number of hydrogen-bond donors (Lipinski definition) is 2. The predicted molar refractivity (Wildman–Crippen MR) is 68.6 cm³/mol. The number of para-hydroxylation sites is 1. The SMILES string of the molecule is CCOc1c(Nc2c(C)cccc2O)c(=O)c1=O. The van der Waals surface area contributed by atoms with Crippen molar-refractivity contribution in [3.63, 3.8) is 0 Å². The predicted octanol–water partition coefficient (Wildman–Crippen LogP) is 1.44. The highest BCUT2D eigenvalue weighted by Gasteiger charge is 2.23. The summed E-state index contributed by atoms with van der Waals surface area (Å²) >= 11 is 0. The van der Waals surface area contributed by atoms with Crippen molar-refractivity contribution >= 4 is 11.4 Å². The topological polar surface area (TPSA) is 75.6 Å². The van der Waals surface area contributed by atoms with Crippen LogP contribution in [0, 0.1) is 6.92 Å². The lowest BCUT2D eigenvalue weighted by Gasteiger charge is -2.15. The molecule has 0 fully saturated rings. The molecule has 0 aliphatic carbocycles. The summed E-state index contributed by atoms with van der Waals surface area (Å²) < 4.78 is 5.09. The zero-order valence-corrected chi connectivity index (χ0v) is 10.1. The largest absolute Gasteiger partial charge is 0.506 e. The van der Waals surface area contributed by atoms with Crippen LogP contribution in [0.3, 0.4) is 0 Å². The van der Waals surface area contributed by atoms with E-state index in [1.807, 2.05) is 0 Å². The molecule has 2 aromatic carbocycles. The fourth-order valence-electron chi connectivity index (χ4n) is 1.71. The molecule has 5 nitrogen and oxygen atoms in total. The van der Waals surface area contributed by atoms with Crippen molar-refractivity contribution in [3.05, 3.63) is 44.2 Å². The number of aryl methyl sites for hydroxylation is 1. The van der Waals surface area contributed by atoms with Crippen molar-refractivity contribution in [1.29, 1.82) is 0 Å². The van der Waals surface area contributed by atoms with Crippen LogP contribution < -0.4 is 20.9 Å². The number of benzene rings is 1. The minimum Gasteiger partial charge on any atom is -0.506 e. The molecule has 0 unspecified atom stereocenters. The van der Waals surface area contributed by atoms with Gasteiger partial charge in [0.1, 0.15) is 11.4 Å². The van der Waals surface area contributed by atoms with Gasteiger partial charge in [0.15, 0.2) is 5.75 Å². The first-order valence-corrected chi connectivity index (χ1v) is 5.58. The fraction of sp³-hybridized carbons (Fsp3) is 0.231. The maximum Gasteiger partial charge on any atom is 0.272 e. The molecule has 0 aliphatic rings. The van der Waals surface area contributed by atoms with Gasteiger partial charge in [0.2, 0.25) is 0 Å². The van der Waals surface area contributed by atoms with Crippen LogP contribution >= 0.6 is 0 Å². The van der Waals surface area contributed by atoms with Crippen LogP contribution in [-0.4, -0.2) is 11.7 Å². The van der Waals surface area contributed by atoms with Crippen molar-refractivity contribution in [3.8, 4) is 11.5 Å². The maximum absolute atomic E-state index is 11.4. The van der Waals surface area contributed by atoms with Crippen LogP contribution in [0.1, 0.15) is 12.5 Å². The molecule has 0 heterocycles. The van der Waals surface area contributed by atoms with E-state index in [1.165, 1.54) is 6.07 Å². The van der Waals surface area contributed by atoms with Crippen molar-refractivity contribution in [2.45, 2.75) is 13.8 Å². The van der Waals surface area contributed by atoms with Crippen molar-refractivity contribution in [1.82, 2.24) is 0 Å². The van der Waals surface area contributed by atoms with Crippen molar-refractivity contribution in [2.75, 3.05) is 11.9 Å². The molecule has 5 heteroatoms. The van der Waals surface area contributed by atoms with Gasteiger partial charge in [-0.15, -0.1) is 0 Å². The molecule has 18 heavy (non-hydrogen) atoms.